The summed E-state index contributed by atoms with van der Waals surface area (Å²) in [7, 11) is 0. The summed E-state index contributed by atoms with van der Waals surface area (Å²) in [5.41, 5.74) is 4.16. The molecule has 0 radical (unpaired) electrons. The molecule has 4 rings (SSSR count). The molecule has 2 heterocycles. The first-order valence-corrected chi connectivity index (χ1v) is 16.1. The van der Waals surface area contributed by atoms with Crippen LogP contribution in [0.4, 0.5) is 0 Å². The number of benzene rings is 2. The first kappa shape index (κ1) is 38.7. The Morgan fingerprint density at radius 1 is 0.723 bits per heavy atom. The molecule has 11 heteroatoms. The van der Waals surface area contributed by atoms with Gasteiger partial charge in [-0.3, -0.25) is 14.4 Å². The Kier molecular flexibility index (Phi) is 17.5. The Hall–Kier alpha value is -4.51. The van der Waals surface area contributed by atoms with Crippen LogP contribution in [0.15, 0.2) is 90.0 Å². The number of nitrogens with one attached hydrogen (secondary N) is 1. The summed E-state index contributed by atoms with van der Waals surface area (Å²) >= 11 is 5.56. The molecule has 0 unspecified atom stereocenters. The highest BCUT2D eigenvalue weighted by Crippen LogP contribution is 2.18. The van der Waals surface area contributed by atoms with E-state index in [0.29, 0.717) is 50.1 Å². The molecule has 0 saturated carbocycles. The van der Waals surface area contributed by atoms with Gasteiger partial charge < -0.3 is 29.7 Å². The van der Waals surface area contributed by atoms with Gasteiger partial charge in [-0.25, -0.2) is 4.98 Å². The molecular formula is C36H45ClN4O6. The molecule has 0 atom stereocenters. The Morgan fingerprint density at radius 3 is 1.66 bits per heavy atom. The lowest BCUT2D eigenvalue weighted by Gasteiger charge is -2.19. The zero-order valence-electron chi connectivity index (χ0n) is 27.5. The van der Waals surface area contributed by atoms with Gasteiger partial charge in [-0.2, -0.15) is 0 Å². The van der Waals surface area contributed by atoms with E-state index < -0.39 is 0 Å². The van der Waals surface area contributed by atoms with Gasteiger partial charge in [0.2, 0.25) is 5.88 Å². The Morgan fingerprint density at radius 2 is 1.19 bits per heavy atom. The molecule has 0 spiro atoms. The third-order valence-electron chi connectivity index (χ3n) is 7.09. The number of pyridine rings is 2. The largest absolute Gasteiger partial charge is 0.472 e. The number of ether oxygens (including phenoxy) is 1. The SMILES string of the molecule is CCN(CC)C(=O)c1ccc[nH]c1=O.CCN(CC)C(=O)c1cccnc1OCc1ccc(CO)cc1.OCc1ccc(CCl)cc1. The van der Waals surface area contributed by atoms with Gasteiger partial charge >= 0.3 is 0 Å². The van der Waals surface area contributed by atoms with Gasteiger partial charge in [-0.1, -0.05) is 48.5 Å². The van der Waals surface area contributed by atoms with Crippen molar-refractivity contribution >= 4 is 23.4 Å². The number of hydrogen-bond acceptors (Lipinski definition) is 7. The summed E-state index contributed by atoms with van der Waals surface area (Å²) in [4.78, 5) is 45.6. The number of alkyl halides is 1. The van der Waals surface area contributed by atoms with Crippen molar-refractivity contribution in [1.82, 2.24) is 19.8 Å². The molecule has 0 aliphatic carbocycles. The molecule has 2 aromatic heterocycles. The number of aromatic amines is 1. The van der Waals surface area contributed by atoms with Crippen molar-refractivity contribution in [1.29, 1.82) is 0 Å². The van der Waals surface area contributed by atoms with Crippen LogP contribution in [0.5, 0.6) is 5.88 Å². The number of amides is 2. The van der Waals surface area contributed by atoms with E-state index in [2.05, 4.69) is 9.97 Å². The smallest absolute Gasteiger partial charge is 0.260 e. The second-order valence-electron chi connectivity index (χ2n) is 10.1. The van der Waals surface area contributed by atoms with Crippen LogP contribution in [0.1, 0.15) is 70.7 Å². The van der Waals surface area contributed by atoms with Crippen LogP contribution < -0.4 is 10.3 Å². The molecule has 47 heavy (non-hydrogen) atoms. The zero-order chi connectivity index (χ0) is 34.6. The quantitative estimate of drug-likeness (QED) is 0.172. The second kappa shape index (κ2) is 21.3. The lowest BCUT2D eigenvalue weighted by atomic mass is 10.1. The van der Waals surface area contributed by atoms with Crippen molar-refractivity contribution in [2.24, 2.45) is 0 Å². The third kappa shape index (κ3) is 12.3. The summed E-state index contributed by atoms with van der Waals surface area (Å²) in [6.07, 6.45) is 3.13. The maximum Gasteiger partial charge on any atom is 0.260 e. The van der Waals surface area contributed by atoms with E-state index in [9.17, 15) is 14.4 Å². The van der Waals surface area contributed by atoms with Gasteiger partial charge in [0, 0.05) is 44.5 Å². The molecule has 0 bridgehead atoms. The minimum atomic E-state index is -0.329. The van der Waals surface area contributed by atoms with E-state index in [0.717, 1.165) is 22.3 Å². The Labute approximate surface area is 281 Å². The Bertz CT molecular complexity index is 1530. The van der Waals surface area contributed by atoms with Crippen molar-refractivity contribution in [2.45, 2.75) is 53.4 Å². The van der Waals surface area contributed by atoms with Crippen molar-refractivity contribution in [2.75, 3.05) is 26.2 Å². The molecule has 2 amide bonds. The van der Waals surface area contributed by atoms with E-state index in [1.807, 2.05) is 76.2 Å². The molecule has 2 aromatic carbocycles. The molecule has 252 valence electrons. The Balaban J connectivity index is 0.000000271. The second-order valence-corrected chi connectivity index (χ2v) is 10.4. The molecule has 4 aromatic rings. The molecule has 10 nitrogen and oxygen atoms in total. The monoisotopic (exact) mass is 664 g/mol. The predicted molar refractivity (Wildman–Crippen MR) is 184 cm³/mol. The number of hydrogen-bond donors (Lipinski definition) is 3. The van der Waals surface area contributed by atoms with Crippen molar-refractivity contribution in [3.8, 4) is 5.88 Å². The molecule has 0 aliphatic rings. The highest BCUT2D eigenvalue weighted by molar-refractivity contribution is 6.17. The number of aromatic nitrogens is 2. The van der Waals surface area contributed by atoms with Crippen molar-refractivity contribution in [3.63, 3.8) is 0 Å². The van der Waals surface area contributed by atoms with Gasteiger partial charge in [0.25, 0.3) is 17.4 Å². The maximum atomic E-state index is 12.5. The summed E-state index contributed by atoms with van der Waals surface area (Å²) in [5.74, 6) is 0.590. The van der Waals surface area contributed by atoms with E-state index in [1.165, 1.54) is 6.20 Å². The van der Waals surface area contributed by atoms with Crippen LogP contribution in [0.25, 0.3) is 0 Å². The van der Waals surface area contributed by atoms with E-state index in [1.54, 1.807) is 40.3 Å². The fraction of sp³-hybridized carbons (Fsp3) is 0.333. The minimum absolute atomic E-state index is 0.0178. The highest BCUT2D eigenvalue weighted by Gasteiger charge is 2.18. The molecule has 0 aliphatic heterocycles. The van der Waals surface area contributed by atoms with Crippen LogP contribution >= 0.6 is 11.6 Å². The third-order valence-corrected chi connectivity index (χ3v) is 7.40. The van der Waals surface area contributed by atoms with Crippen LogP contribution in [0.2, 0.25) is 0 Å². The number of H-pyrrole nitrogens is 1. The average Bonchev–Trinajstić information content (AvgIpc) is 3.12. The number of aliphatic hydroxyl groups is 2. The normalized spacial score (nSPS) is 10.1. The number of nitrogens with zero attached hydrogens (tertiary/aromatic N) is 3. The van der Waals surface area contributed by atoms with Gasteiger partial charge in [0.05, 0.1) is 13.2 Å². The van der Waals surface area contributed by atoms with Crippen molar-refractivity contribution in [3.05, 3.63) is 129 Å². The van der Waals surface area contributed by atoms with E-state index in [-0.39, 0.29) is 36.2 Å². The first-order valence-electron chi connectivity index (χ1n) is 15.5. The molecule has 0 saturated heterocycles. The van der Waals surface area contributed by atoms with Crippen LogP contribution in [0.3, 0.4) is 0 Å². The van der Waals surface area contributed by atoms with Gasteiger partial charge in [-0.15, -0.1) is 11.6 Å². The summed E-state index contributed by atoms with van der Waals surface area (Å²) in [5, 5.41) is 17.7. The van der Waals surface area contributed by atoms with Crippen LogP contribution in [0, 0.1) is 0 Å². The van der Waals surface area contributed by atoms with Crippen molar-refractivity contribution < 1.29 is 24.5 Å². The summed E-state index contributed by atoms with van der Waals surface area (Å²) in [6, 6.07) is 21.7. The number of carbonyl (C=O) groups is 2. The van der Waals surface area contributed by atoms with E-state index in [4.69, 9.17) is 26.6 Å². The molecule has 3 N–H and O–H groups in total. The summed E-state index contributed by atoms with van der Waals surface area (Å²) in [6.45, 7) is 10.6. The number of carbonyl (C=O) groups excluding carboxylic acids is 2. The molecular weight excluding hydrogens is 620 g/mol. The number of aliphatic hydroxyl groups excluding tert-OH is 2. The average molecular weight is 665 g/mol. The van der Waals surface area contributed by atoms with E-state index >= 15 is 0 Å². The number of halogens is 1. The lowest BCUT2D eigenvalue weighted by molar-refractivity contribution is 0.0760. The fourth-order valence-electron chi connectivity index (χ4n) is 4.25. The first-order chi connectivity index (χ1) is 22.8. The van der Waals surface area contributed by atoms with Gasteiger partial charge in [0.15, 0.2) is 0 Å². The topological polar surface area (TPSA) is 136 Å². The van der Waals surface area contributed by atoms with Crippen LogP contribution in [-0.4, -0.2) is 68.0 Å². The highest BCUT2D eigenvalue weighted by atomic mass is 35.5. The lowest BCUT2D eigenvalue weighted by Crippen LogP contribution is -2.34. The maximum absolute atomic E-state index is 12.5. The fourth-order valence-corrected chi connectivity index (χ4v) is 4.43. The standard InChI is InChI=1S/C18H22N2O3.C10H14N2O2.C8H9ClO/c1-3-20(4-2)18(22)16-6-5-11-19-17(16)23-13-15-9-7-14(12-21)8-10-15;1-3-12(4-2)10(14)8-6-5-7-11-9(8)13;9-5-7-1-3-8(6-10)4-2-7/h5-11,21H,3-4,12-13H2,1-2H3;5-7H,3-4H2,1-2H3,(H,11,13);1-4,10H,5-6H2. The van der Waals surface area contributed by atoms with Gasteiger partial charge in [-0.05, 0) is 74.2 Å². The predicted octanol–water partition coefficient (Wildman–Crippen LogP) is 5.41. The minimum Gasteiger partial charge on any atom is -0.472 e. The molecule has 0 fully saturated rings. The number of rotatable bonds is 12. The summed E-state index contributed by atoms with van der Waals surface area (Å²) < 4.78 is 5.74. The van der Waals surface area contributed by atoms with Crippen LogP contribution in [-0.2, 0) is 25.7 Å². The van der Waals surface area contributed by atoms with Gasteiger partial charge in [0.1, 0.15) is 17.7 Å². The zero-order valence-corrected chi connectivity index (χ0v) is 28.2.